The Balaban J connectivity index is 1.52. The molecule has 4 rings (SSSR count). The van der Waals surface area contributed by atoms with Crippen LogP contribution in [0, 0.1) is 5.92 Å². The second kappa shape index (κ2) is 12.0. The summed E-state index contributed by atoms with van der Waals surface area (Å²) in [7, 11) is 1.90. The van der Waals surface area contributed by atoms with Gasteiger partial charge in [0.2, 0.25) is 11.9 Å². The van der Waals surface area contributed by atoms with Crippen LogP contribution >= 0.6 is 0 Å². The molecule has 4 N–H and O–H groups in total. The monoisotopic (exact) mass is 518 g/mol. The Kier molecular flexibility index (Phi) is 8.49. The van der Waals surface area contributed by atoms with Crippen molar-refractivity contribution in [3.05, 3.63) is 60.4 Å². The van der Waals surface area contributed by atoms with Crippen molar-refractivity contribution in [3.8, 4) is 11.3 Å². The fraction of sp³-hybridized carbons (Fsp3) is 0.370. The van der Waals surface area contributed by atoms with Gasteiger partial charge in [0.05, 0.1) is 11.9 Å². The van der Waals surface area contributed by atoms with E-state index in [9.17, 15) is 9.90 Å². The molecule has 0 radical (unpaired) electrons. The van der Waals surface area contributed by atoms with Crippen molar-refractivity contribution in [2.45, 2.75) is 39.3 Å². The third kappa shape index (κ3) is 6.06. The lowest BCUT2D eigenvalue weighted by atomic mass is 10.1. The van der Waals surface area contributed by atoms with E-state index in [2.05, 4.69) is 25.4 Å². The highest BCUT2D eigenvalue weighted by atomic mass is 16.5. The van der Waals surface area contributed by atoms with Crippen LogP contribution in [0.25, 0.3) is 16.9 Å². The number of carbonyl (C=O) groups is 1. The maximum atomic E-state index is 12.0. The van der Waals surface area contributed by atoms with E-state index in [4.69, 9.17) is 10.5 Å². The van der Waals surface area contributed by atoms with Crippen LogP contribution in [-0.2, 0) is 16.0 Å². The number of aliphatic hydroxyl groups excluding tert-OH is 1. The SMILES string of the molecule is CCc1cnn2c(N(C)c3ccc(-c4ccccn4)cc3)nc(NC[C@@H](O)COC(=O)[C@H](N)C(C)C)nc12. The van der Waals surface area contributed by atoms with E-state index in [1.54, 1.807) is 16.9 Å². The number of pyridine rings is 1. The first-order chi connectivity index (χ1) is 18.3. The number of hydrogen-bond acceptors (Lipinski definition) is 10. The number of hydrogen-bond donors (Lipinski definition) is 3. The number of aryl methyl sites for hydroxylation is 1. The topological polar surface area (TPSA) is 144 Å². The van der Waals surface area contributed by atoms with Crippen LogP contribution in [0.15, 0.2) is 54.9 Å². The predicted octanol–water partition coefficient (Wildman–Crippen LogP) is 2.82. The second-order valence-corrected chi connectivity index (χ2v) is 9.36. The first-order valence-corrected chi connectivity index (χ1v) is 12.6. The van der Waals surface area contributed by atoms with Gasteiger partial charge < -0.3 is 25.8 Å². The average Bonchev–Trinajstić information content (AvgIpc) is 3.37. The molecule has 0 saturated heterocycles. The molecule has 0 amide bonds. The van der Waals surface area contributed by atoms with Crippen molar-refractivity contribution in [1.29, 1.82) is 0 Å². The quantitative estimate of drug-likeness (QED) is 0.254. The number of esters is 1. The van der Waals surface area contributed by atoms with E-state index in [1.807, 2.05) is 75.2 Å². The Morgan fingerprint density at radius 1 is 1.18 bits per heavy atom. The van der Waals surface area contributed by atoms with Crippen molar-refractivity contribution < 1.29 is 14.6 Å². The Bertz CT molecular complexity index is 1360. The lowest BCUT2D eigenvalue weighted by Crippen LogP contribution is -2.39. The molecule has 4 aromatic rings. The Morgan fingerprint density at radius 2 is 1.95 bits per heavy atom. The first kappa shape index (κ1) is 27.0. The number of benzene rings is 1. The average molecular weight is 519 g/mol. The lowest BCUT2D eigenvalue weighted by molar-refractivity contribution is -0.149. The molecule has 2 atom stereocenters. The Morgan fingerprint density at radius 3 is 2.61 bits per heavy atom. The number of anilines is 3. The summed E-state index contributed by atoms with van der Waals surface area (Å²) >= 11 is 0. The van der Waals surface area contributed by atoms with Gasteiger partial charge in [-0.2, -0.15) is 19.6 Å². The number of nitrogens with two attached hydrogens (primary N) is 1. The van der Waals surface area contributed by atoms with Crippen LogP contribution in [0.5, 0.6) is 0 Å². The lowest BCUT2D eigenvalue weighted by Gasteiger charge is -2.20. The highest BCUT2D eigenvalue weighted by Gasteiger charge is 2.21. The van der Waals surface area contributed by atoms with E-state index < -0.39 is 18.1 Å². The van der Waals surface area contributed by atoms with E-state index in [-0.39, 0.29) is 19.1 Å². The van der Waals surface area contributed by atoms with Crippen LogP contribution in [0.2, 0.25) is 0 Å². The number of carbonyl (C=O) groups excluding carboxylic acids is 1. The van der Waals surface area contributed by atoms with Crippen molar-refractivity contribution in [2.75, 3.05) is 30.4 Å². The van der Waals surface area contributed by atoms with E-state index >= 15 is 0 Å². The minimum Gasteiger partial charge on any atom is -0.462 e. The van der Waals surface area contributed by atoms with Gasteiger partial charge in [0.25, 0.3) is 0 Å². The Labute approximate surface area is 221 Å². The number of rotatable bonds is 11. The molecule has 0 aliphatic heterocycles. The van der Waals surface area contributed by atoms with E-state index in [1.165, 1.54) is 0 Å². The predicted molar refractivity (Wildman–Crippen MR) is 146 cm³/mol. The van der Waals surface area contributed by atoms with Crippen molar-refractivity contribution in [2.24, 2.45) is 11.7 Å². The number of nitrogens with zero attached hydrogens (tertiary/aromatic N) is 6. The zero-order chi connectivity index (χ0) is 27.2. The second-order valence-electron chi connectivity index (χ2n) is 9.36. The largest absolute Gasteiger partial charge is 0.462 e. The summed E-state index contributed by atoms with van der Waals surface area (Å²) in [6, 6.07) is 13.1. The number of nitrogens with one attached hydrogen (secondary N) is 1. The molecule has 3 aromatic heterocycles. The van der Waals surface area contributed by atoms with Gasteiger partial charge in [-0.3, -0.25) is 9.78 Å². The van der Waals surface area contributed by atoms with Gasteiger partial charge in [-0.1, -0.05) is 39.0 Å². The molecule has 200 valence electrons. The summed E-state index contributed by atoms with van der Waals surface area (Å²) in [4.78, 5) is 27.6. The molecule has 0 spiro atoms. The number of aromatic nitrogens is 5. The van der Waals surface area contributed by atoms with Crippen molar-refractivity contribution >= 4 is 29.2 Å². The van der Waals surface area contributed by atoms with Gasteiger partial charge >= 0.3 is 5.97 Å². The standard InChI is InChI=1S/C27H34N8O3/c1-5-18-14-31-35-24(18)32-26(30-15-21(36)16-38-25(37)23(28)17(2)3)33-27(35)34(4)20-11-9-19(10-12-20)22-8-6-7-13-29-22/h6-14,17,21,23,36H,5,15-16,28H2,1-4H3,(H,30,32)/t21-,23-/m1/s1. The van der Waals surface area contributed by atoms with Crippen LogP contribution in [0.3, 0.4) is 0 Å². The molecule has 0 aliphatic rings. The Hall–Kier alpha value is -4.09. The molecule has 38 heavy (non-hydrogen) atoms. The van der Waals surface area contributed by atoms with Crippen molar-refractivity contribution in [1.82, 2.24) is 24.6 Å². The van der Waals surface area contributed by atoms with Crippen LogP contribution in [0.4, 0.5) is 17.6 Å². The van der Waals surface area contributed by atoms with E-state index in [0.717, 1.165) is 28.9 Å². The highest BCUT2D eigenvalue weighted by Crippen LogP contribution is 2.27. The molecule has 0 fully saturated rings. The number of aliphatic hydroxyl groups is 1. The number of fused-ring (bicyclic) bond motifs is 1. The molecule has 0 saturated carbocycles. The molecular weight excluding hydrogens is 484 g/mol. The van der Waals surface area contributed by atoms with Gasteiger partial charge in [-0.05, 0) is 36.6 Å². The van der Waals surface area contributed by atoms with Crippen LogP contribution < -0.4 is 16.0 Å². The highest BCUT2D eigenvalue weighted by molar-refractivity contribution is 5.75. The fourth-order valence-corrected chi connectivity index (χ4v) is 3.77. The zero-order valence-electron chi connectivity index (χ0n) is 22.1. The van der Waals surface area contributed by atoms with Gasteiger partial charge in [0.15, 0.2) is 5.65 Å². The van der Waals surface area contributed by atoms with Gasteiger partial charge in [0.1, 0.15) is 18.8 Å². The molecule has 0 unspecified atom stereocenters. The van der Waals surface area contributed by atoms with E-state index in [0.29, 0.717) is 17.5 Å². The normalized spacial score (nSPS) is 12.9. The minimum atomic E-state index is -0.964. The molecular formula is C27H34N8O3. The van der Waals surface area contributed by atoms with Crippen molar-refractivity contribution in [3.63, 3.8) is 0 Å². The van der Waals surface area contributed by atoms with Gasteiger partial charge in [0, 0.05) is 36.6 Å². The molecule has 0 bridgehead atoms. The molecule has 0 aliphatic carbocycles. The smallest absolute Gasteiger partial charge is 0.323 e. The molecule has 11 nitrogen and oxygen atoms in total. The summed E-state index contributed by atoms with van der Waals surface area (Å²) in [5.74, 6) is 0.278. The van der Waals surface area contributed by atoms with Crippen LogP contribution in [0.1, 0.15) is 26.3 Å². The molecule has 11 heteroatoms. The molecule has 3 heterocycles. The first-order valence-electron chi connectivity index (χ1n) is 12.6. The fourth-order valence-electron chi connectivity index (χ4n) is 3.77. The number of ether oxygens (including phenoxy) is 1. The summed E-state index contributed by atoms with van der Waals surface area (Å²) in [6.45, 7) is 5.60. The zero-order valence-corrected chi connectivity index (χ0v) is 22.1. The van der Waals surface area contributed by atoms with Crippen LogP contribution in [-0.4, -0.2) is 68.0 Å². The molecule has 1 aromatic carbocycles. The third-order valence-corrected chi connectivity index (χ3v) is 6.22. The summed E-state index contributed by atoms with van der Waals surface area (Å²) in [5, 5.41) is 17.9. The maximum Gasteiger partial charge on any atom is 0.323 e. The third-order valence-electron chi connectivity index (χ3n) is 6.22. The summed E-state index contributed by atoms with van der Waals surface area (Å²) in [6.07, 6.45) is 3.33. The van der Waals surface area contributed by atoms with Gasteiger partial charge in [-0.25, -0.2) is 0 Å². The maximum absolute atomic E-state index is 12.0. The summed E-state index contributed by atoms with van der Waals surface area (Å²) < 4.78 is 6.85. The minimum absolute atomic E-state index is 0.0528. The van der Waals surface area contributed by atoms with Gasteiger partial charge in [-0.15, -0.1) is 0 Å². The summed E-state index contributed by atoms with van der Waals surface area (Å²) in [5.41, 5.74) is 10.2.